The summed E-state index contributed by atoms with van der Waals surface area (Å²) in [6.07, 6.45) is 2.83. The molecule has 14 N–H and O–H groups in total. The van der Waals surface area contributed by atoms with Crippen molar-refractivity contribution in [3.05, 3.63) is 71.9 Å². The number of aromatic nitrogens is 1. The standard InChI is InChI=1S/C61H90N14O16/c1-6-38(4)54(61(91)75-18-12-17-48(75)60(90)67-44(55(62)85)27-37(2)3)70-59(89)47(36-76)69-58(88)45(28-40-13-8-7-9-14-40)68-56(86)39(5)65-57(87)46(29-41-30-63-43-16-11-10-15-42(41)43)66-49(77)31-64-50(78)32-71-19-21-72(33-51(79)80)23-25-74(35-53(83)84)26-24-73(22-20-71)34-52(81)82/h7-11,13-16,30,37-39,44-48,54,63,76H,6,12,17-29,31-36H2,1-5H3,(H2,62,85)(H,64,78)(H,65,87)(H,66,77)(H,67,90)(H,68,86)(H,69,88)(H,70,89)(H,79,80)(H,81,82)(H,83,84). The van der Waals surface area contributed by atoms with Gasteiger partial charge in [0.2, 0.25) is 53.2 Å². The van der Waals surface area contributed by atoms with Crippen LogP contribution >= 0.6 is 0 Å². The van der Waals surface area contributed by atoms with Gasteiger partial charge in [0.1, 0.15) is 42.3 Å². The molecule has 0 aliphatic carbocycles. The van der Waals surface area contributed by atoms with Crippen LogP contribution in [0, 0.1) is 11.8 Å². The van der Waals surface area contributed by atoms with Crippen LogP contribution in [-0.4, -0.2) is 262 Å². The van der Waals surface area contributed by atoms with Crippen molar-refractivity contribution in [2.24, 2.45) is 17.6 Å². The van der Waals surface area contributed by atoms with E-state index in [-0.39, 0.29) is 117 Å². The highest BCUT2D eigenvalue weighted by molar-refractivity contribution is 5.98. The number of benzene rings is 2. The van der Waals surface area contributed by atoms with E-state index in [0.717, 1.165) is 10.9 Å². The molecule has 5 rings (SSSR count). The molecule has 9 amide bonds. The number of carbonyl (C=O) groups excluding carboxylic acids is 9. The molecular weight excluding hydrogens is 1180 g/mol. The predicted octanol–water partition coefficient (Wildman–Crippen LogP) is -2.97. The van der Waals surface area contributed by atoms with Gasteiger partial charge in [0.25, 0.3) is 0 Å². The summed E-state index contributed by atoms with van der Waals surface area (Å²) in [5.74, 6) is -10.7. The first-order valence-electron chi connectivity index (χ1n) is 30.7. The second-order valence-corrected chi connectivity index (χ2v) is 23.6. The number of carboxylic acid groups (broad SMARTS) is 3. The molecule has 3 aromatic rings. The Morgan fingerprint density at radius 1 is 0.582 bits per heavy atom. The Morgan fingerprint density at radius 3 is 1.64 bits per heavy atom. The molecule has 2 aliphatic heterocycles. The Labute approximate surface area is 528 Å². The minimum atomic E-state index is -1.65. The first-order valence-corrected chi connectivity index (χ1v) is 30.7. The summed E-state index contributed by atoms with van der Waals surface area (Å²) < 4.78 is 0. The lowest BCUT2D eigenvalue weighted by Crippen LogP contribution is -2.61. The molecule has 0 bridgehead atoms. The highest BCUT2D eigenvalue weighted by Crippen LogP contribution is 2.23. The topological polar surface area (TPSA) is 428 Å². The lowest BCUT2D eigenvalue weighted by atomic mass is 9.96. The van der Waals surface area contributed by atoms with Gasteiger partial charge in [-0.1, -0.05) is 82.6 Å². The zero-order valence-corrected chi connectivity index (χ0v) is 52.3. The van der Waals surface area contributed by atoms with Crippen LogP contribution in [-0.2, 0) is 70.4 Å². The molecule has 30 heteroatoms. The molecule has 2 aliphatic rings. The molecule has 0 radical (unpaired) electrons. The summed E-state index contributed by atoms with van der Waals surface area (Å²) in [5.41, 5.74) is 7.50. The molecule has 30 nitrogen and oxygen atoms in total. The van der Waals surface area contributed by atoms with Crippen LogP contribution in [0.5, 0.6) is 0 Å². The molecule has 2 fully saturated rings. The lowest BCUT2D eigenvalue weighted by Gasteiger charge is -2.33. The van der Waals surface area contributed by atoms with Gasteiger partial charge in [-0.2, -0.15) is 0 Å². The fourth-order valence-electron chi connectivity index (χ4n) is 10.8. The SMILES string of the molecule is CCC(C)C(NC(=O)C(CO)NC(=O)C(Cc1ccccc1)NC(=O)C(C)NC(=O)C(Cc1c[nH]c2ccccc12)NC(=O)CNC(=O)CN1CCN(CC(=O)O)CCN(CC(=O)O)CCN(CC(=O)O)CC1)C(=O)N1CCCC1C(=O)NC(CC(C)C)C(N)=O. The van der Waals surface area contributed by atoms with Crippen LogP contribution in [0.25, 0.3) is 10.9 Å². The first kappa shape index (κ1) is 73.2. The van der Waals surface area contributed by atoms with Crippen LogP contribution in [0.3, 0.4) is 0 Å². The van der Waals surface area contributed by atoms with E-state index < -0.39 is 132 Å². The number of carboxylic acids is 3. The van der Waals surface area contributed by atoms with E-state index in [1.54, 1.807) is 88.2 Å². The maximum atomic E-state index is 14.3. The van der Waals surface area contributed by atoms with Gasteiger partial charge in [-0.15, -0.1) is 0 Å². The monoisotopic (exact) mass is 1270 g/mol. The normalized spacial score (nSPS) is 17.9. The van der Waals surface area contributed by atoms with Crippen molar-refractivity contribution < 1.29 is 78.0 Å². The van der Waals surface area contributed by atoms with Crippen LogP contribution < -0.4 is 43.0 Å². The zero-order valence-electron chi connectivity index (χ0n) is 52.3. The summed E-state index contributed by atoms with van der Waals surface area (Å²) in [6.45, 7) is 7.05. The van der Waals surface area contributed by atoms with E-state index in [1.807, 2.05) is 19.9 Å². The van der Waals surface area contributed by atoms with Crippen molar-refractivity contribution >= 4 is 82.0 Å². The number of aromatic amines is 1. The van der Waals surface area contributed by atoms with Crippen LogP contribution in [0.4, 0.5) is 0 Å². The number of aliphatic hydroxyl groups excluding tert-OH is 1. The van der Waals surface area contributed by atoms with Crippen molar-refractivity contribution in [2.75, 3.05) is 98.2 Å². The molecule has 0 spiro atoms. The number of H-pyrrole nitrogens is 1. The number of nitrogens with two attached hydrogens (primary N) is 1. The molecule has 2 aromatic carbocycles. The number of para-hydroxylation sites is 1. The quantitative estimate of drug-likeness (QED) is 0.0297. The van der Waals surface area contributed by atoms with E-state index >= 15 is 0 Å². The molecular formula is C61H90N14O16. The van der Waals surface area contributed by atoms with Gasteiger partial charge >= 0.3 is 17.9 Å². The van der Waals surface area contributed by atoms with Gasteiger partial charge in [0.15, 0.2) is 0 Å². The molecule has 91 heavy (non-hydrogen) atoms. The van der Waals surface area contributed by atoms with Crippen molar-refractivity contribution in [3.63, 3.8) is 0 Å². The van der Waals surface area contributed by atoms with Gasteiger partial charge in [-0.05, 0) is 55.2 Å². The number of primary amides is 1. The predicted molar refractivity (Wildman–Crippen MR) is 331 cm³/mol. The van der Waals surface area contributed by atoms with Crippen molar-refractivity contribution in [3.8, 4) is 0 Å². The Balaban J connectivity index is 1.27. The Morgan fingerprint density at radius 2 is 1.10 bits per heavy atom. The molecule has 2 saturated heterocycles. The molecule has 0 saturated carbocycles. The van der Waals surface area contributed by atoms with Gasteiger partial charge < -0.3 is 73.3 Å². The summed E-state index contributed by atoms with van der Waals surface area (Å²) in [4.78, 5) is 170. The van der Waals surface area contributed by atoms with Crippen LogP contribution in [0.2, 0.25) is 0 Å². The summed E-state index contributed by atoms with van der Waals surface area (Å²) in [6, 6.07) is 6.75. The molecule has 3 heterocycles. The third-order valence-corrected chi connectivity index (χ3v) is 16.0. The smallest absolute Gasteiger partial charge is 0.317 e. The number of amides is 9. The number of likely N-dealkylation sites (tertiary alicyclic amines) is 1. The number of hydrogen-bond acceptors (Lipinski definition) is 17. The first-order chi connectivity index (χ1) is 43.2. The Hall–Kier alpha value is -8.58. The van der Waals surface area contributed by atoms with Gasteiger partial charge in [-0.25, -0.2) is 0 Å². The molecule has 8 unspecified atom stereocenters. The second-order valence-electron chi connectivity index (χ2n) is 23.6. The fourth-order valence-corrected chi connectivity index (χ4v) is 10.8. The molecule has 500 valence electrons. The van der Waals surface area contributed by atoms with E-state index in [1.165, 1.54) is 11.8 Å². The average Bonchev–Trinajstić information content (AvgIpc) is 3.06. The van der Waals surface area contributed by atoms with Crippen molar-refractivity contribution in [1.82, 2.24) is 66.7 Å². The highest BCUT2D eigenvalue weighted by atomic mass is 16.4. The third kappa shape index (κ3) is 24.0. The van der Waals surface area contributed by atoms with E-state index in [0.29, 0.717) is 24.0 Å². The third-order valence-electron chi connectivity index (χ3n) is 16.0. The Kier molecular flexibility index (Phi) is 29.2. The number of nitrogens with one attached hydrogen (secondary N) is 8. The molecule has 1 aromatic heterocycles. The van der Waals surface area contributed by atoms with E-state index in [2.05, 4.69) is 42.2 Å². The lowest BCUT2D eigenvalue weighted by molar-refractivity contribution is -0.143. The summed E-state index contributed by atoms with van der Waals surface area (Å²) in [7, 11) is 0. The number of nitrogens with zero attached hydrogens (tertiary/aromatic N) is 5. The van der Waals surface area contributed by atoms with Gasteiger partial charge in [0.05, 0.1) is 39.3 Å². The van der Waals surface area contributed by atoms with E-state index in [9.17, 15) is 78.0 Å². The van der Waals surface area contributed by atoms with Crippen LogP contribution in [0.15, 0.2) is 60.8 Å². The number of rotatable bonds is 32. The summed E-state index contributed by atoms with van der Waals surface area (Å²) in [5, 5.41) is 58.4. The minimum absolute atomic E-state index is 0.0224. The van der Waals surface area contributed by atoms with E-state index in [4.69, 9.17) is 5.73 Å². The van der Waals surface area contributed by atoms with Crippen LogP contribution in [0.1, 0.15) is 71.4 Å². The molecule has 8 atom stereocenters. The number of hydrogen-bond donors (Lipinski definition) is 13. The largest absolute Gasteiger partial charge is 0.480 e. The van der Waals surface area contributed by atoms with Gasteiger partial charge in [0, 0.05) is 88.8 Å². The second kappa shape index (κ2) is 36.3. The maximum absolute atomic E-state index is 14.3. The number of fused-ring (bicyclic) bond motifs is 1. The van der Waals surface area contributed by atoms with Crippen molar-refractivity contribution in [1.29, 1.82) is 0 Å². The number of carbonyl (C=O) groups is 12. The zero-order chi connectivity index (χ0) is 66.9. The average molecular weight is 1280 g/mol. The highest BCUT2D eigenvalue weighted by Gasteiger charge is 2.41. The van der Waals surface area contributed by atoms with Crippen molar-refractivity contribution in [2.45, 2.75) is 115 Å². The number of aliphatic hydroxyl groups is 1. The fraction of sp³-hybridized carbons (Fsp3) is 0.574. The Bertz CT molecular complexity index is 2970. The maximum Gasteiger partial charge on any atom is 0.317 e. The summed E-state index contributed by atoms with van der Waals surface area (Å²) >= 11 is 0. The van der Waals surface area contributed by atoms with Gasteiger partial charge in [-0.3, -0.25) is 77.1 Å². The minimum Gasteiger partial charge on any atom is -0.480 e. The number of aliphatic carboxylic acids is 3.